The van der Waals surface area contributed by atoms with Crippen LogP contribution in [0, 0.1) is 5.92 Å². The SMILES string of the molecule is CNC(CO)CN(C)CC1CC1. The first-order valence-electron chi connectivity index (χ1n) is 4.73. The molecule has 0 aromatic rings. The Bertz CT molecular complexity index is 122. The number of aliphatic hydroxyl groups is 1. The van der Waals surface area contributed by atoms with Crippen LogP contribution in [0.2, 0.25) is 0 Å². The highest BCUT2D eigenvalue weighted by molar-refractivity contribution is 4.77. The van der Waals surface area contributed by atoms with E-state index < -0.39 is 0 Å². The molecule has 0 aromatic carbocycles. The summed E-state index contributed by atoms with van der Waals surface area (Å²) in [5, 5.41) is 12.0. The maximum atomic E-state index is 8.94. The summed E-state index contributed by atoms with van der Waals surface area (Å²) in [6, 6.07) is 0.230. The Morgan fingerprint density at radius 1 is 1.58 bits per heavy atom. The van der Waals surface area contributed by atoms with E-state index in [1.807, 2.05) is 7.05 Å². The molecule has 0 amide bonds. The molecule has 0 radical (unpaired) electrons. The summed E-state index contributed by atoms with van der Waals surface area (Å²) in [5.41, 5.74) is 0. The van der Waals surface area contributed by atoms with Crippen molar-refractivity contribution in [3.05, 3.63) is 0 Å². The fourth-order valence-electron chi connectivity index (χ4n) is 1.43. The van der Waals surface area contributed by atoms with Crippen molar-refractivity contribution in [1.29, 1.82) is 0 Å². The first-order valence-corrected chi connectivity index (χ1v) is 4.73. The van der Waals surface area contributed by atoms with Gasteiger partial charge in [0.1, 0.15) is 0 Å². The van der Waals surface area contributed by atoms with Gasteiger partial charge in [0.05, 0.1) is 6.61 Å². The normalized spacial score (nSPS) is 20.0. The molecule has 1 atom stereocenters. The fraction of sp³-hybridized carbons (Fsp3) is 1.00. The second kappa shape index (κ2) is 4.80. The first-order chi connectivity index (χ1) is 5.76. The number of aliphatic hydroxyl groups excluding tert-OH is 1. The lowest BCUT2D eigenvalue weighted by Crippen LogP contribution is -2.40. The highest BCUT2D eigenvalue weighted by atomic mass is 16.3. The molecule has 0 saturated heterocycles. The summed E-state index contributed by atoms with van der Waals surface area (Å²) in [7, 11) is 4.02. The van der Waals surface area contributed by atoms with Crippen molar-refractivity contribution in [3.63, 3.8) is 0 Å². The van der Waals surface area contributed by atoms with Crippen LogP contribution in [-0.2, 0) is 0 Å². The van der Waals surface area contributed by atoms with E-state index in [0.29, 0.717) is 0 Å². The van der Waals surface area contributed by atoms with Gasteiger partial charge in [0, 0.05) is 19.1 Å². The molecular formula is C9H20N2O. The smallest absolute Gasteiger partial charge is 0.0597 e. The number of rotatable bonds is 6. The van der Waals surface area contributed by atoms with E-state index >= 15 is 0 Å². The number of nitrogens with one attached hydrogen (secondary N) is 1. The Balaban J connectivity index is 2.09. The van der Waals surface area contributed by atoms with Crippen LogP contribution in [0.5, 0.6) is 0 Å². The van der Waals surface area contributed by atoms with Gasteiger partial charge < -0.3 is 15.3 Å². The van der Waals surface area contributed by atoms with Gasteiger partial charge in [0.25, 0.3) is 0 Å². The predicted octanol–water partition coefficient (Wildman–Crippen LogP) is -0.0915. The third kappa shape index (κ3) is 3.52. The maximum Gasteiger partial charge on any atom is 0.0597 e. The Morgan fingerprint density at radius 2 is 2.25 bits per heavy atom. The molecule has 3 heteroatoms. The average molecular weight is 172 g/mol. The van der Waals surface area contributed by atoms with Crippen LogP contribution in [0.1, 0.15) is 12.8 Å². The van der Waals surface area contributed by atoms with Crippen molar-refractivity contribution in [3.8, 4) is 0 Å². The Morgan fingerprint density at radius 3 is 2.67 bits per heavy atom. The zero-order chi connectivity index (χ0) is 8.97. The fourth-order valence-corrected chi connectivity index (χ4v) is 1.43. The Hall–Kier alpha value is -0.120. The second-order valence-corrected chi connectivity index (χ2v) is 3.83. The van der Waals surface area contributed by atoms with Crippen molar-refractivity contribution < 1.29 is 5.11 Å². The summed E-state index contributed by atoms with van der Waals surface area (Å²) in [6.45, 7) is 2.37. The van der Waals surface area contributed by atoms with Gasteiger partial charge >= 0.3 is 0 Å². The lowest BCUT2D eigenvalue weighted by atomic mass is 10.3. The summed E-state index contributed by atoms with van der Waals surface area (Å²) in [6.07, 6.45) is 2.79. The minimum absolute atomic E-state index is 0.228. The van der Waals surface area contributed by atoms with Gasteiger partial charge in [-0.3, -0.25) is 0 Å². The summed E-state index contributed by atoms with van der Waals surface area (Å²) in [4.78, 5) is 2.30. The van der Waals surface area contributed by atoms with Crippen LogP contribution in [0.25, 0.3) is 0 Å². The largest absolute Gasteiger partial charge is 0.395 e. The second-order valence-electron chi connectivity index (χ2n) is 3.83. The topological polar surface area (TPSA) is 35.5 Å². The molecule has 72 valence electrons. The first kappa shape index (κ1) is 9.96. The van der Waals surface area contributed by atoms with Crippen molar-refractivity contribution in [2.24, 2.45) is 5.92 Å². The van der Waals surface area contributed by atoms with Crippen molar-refractivity contribution in [1.82, 2.24) is 10.2 Å². The molecule has 12 heavy (non-hydrogen) atoms. The molecule has 1 fully saturated rings. The Labute approximate surface area is 74.8 Å². The highest BCUT2D eigenvalue weighted by Crippen LogP contribution is 2.29. The molecule has 0 spiro atoms. The summed E-state index contributed by atoms with van der Waals surface area (Å²) < 4.78 is 0. The Kier molecular flexibility index (Phi) is 3.98. The molecule has 0 heterocycles. The molecule has 1 aliphatic rings. The van der Waals surface area contributed by atoms with Crippen molar-refractivity contribution in [2.75, 3.05) is 33.8 Å². The van der Waals surface area contributed by atoms with E-state index in [1.165, 1.54) is 19.4 Å². The monoisotopic (exact) mass is 172 g/mol. The minimum atomic E-state index is 0.228. The van der Waals surface area contributed by atoms with Crippen LogP contribution in [-0.4, -0.2) is 49.8 Å². The summed E-state index contributed by atoms with van der Waals surface area (Å²) in [5.74, 6) is 0.936. The minimum Gasteiger partial charge on any atom is -0.395 e. The van der Waals surface area contributed by atoms with Crippen LogP contribution >= 0.6 is 0 Å². The zero-order valence-corrected chi connectivity index (χ0v) is 8.08. The molecule has 2 N–H and O–H groups in total. The summed E-state index contributed by atoms with van der Waals surface area (Å²) >= 11 is 0. The maximum absolute atomic E-state index is 8.94. The average Bonchev–Trinajstić information content (AvgIpc) is 2.84. The third-order valence-corrected chi connectivity index (χ3v) is 2.43. The molecule has 0 aliphatic heterocycles. The number of hydrogen-bond donors (Lipinski definition) is 2. The predicted molar refractivity (Wildman–Crippen MR) is 50.2 cm³/mol. The van der Waals surface area contributed by atoms with Gasteiger partial charge in [0.2, 0.25) is 0 Å². The molecule has 3 nitrogen and oxygen atoms in total. The van der Waals surface area contributed by atoms with Gasteiger partial charge in [-0.05, 0) is 32.9 Å². The van der Waals surface area contributed by atoms with Crippen molar-refractivity contribution >= 4 is 0 Å². The van der Waals surface area contributed by atoms with E-state index in [4.69, 9.17) is 5.11 Å². The van der Waals surface area contributed by atoms with Crippen LogP contribution in [0.4, 0.5) is 0 Å². The quantitative estimate of drug-likeness (QED) is 0.588. The molecule has 0 bridgehead atoms. The highest BCUT2D eigenvalue weighted by Gasteiger charge is 2.23. The van der Waals surface area contributed by atoms with Gasteiger partial charge in [-0.15, -0.1) is 0 Å². The third-order valence-electron chi connectivity index (χ3n) is 2.43. The van der Waals surface area contributed by atoms with Gasteiger partial charge in [-0.1, -0.05) is 0 Å². The van der Waals surface area contributed by atoms with Gasteiger partial charge in [-0.25, -0.2) is 0 Å². The molecule has 1 saturated carbocycles. The van der Waals surface area contributed by atoms with Crippen LogP contribution in [0.15, 0.2) is 0 Å². The van der Waals surface area contributed by atoms with Gasteiger partial charge in [0.15, 0.2) is 0 Å². The number of hydrogen-bond acceptors (Lipinski definition) is 3. The molecule has 1 aliphatic carbocycles. The zero-order valence-electron chi connectivity index (χ0n) is 8.08. The van der Waals surface area contributed by atoms with Crippen molar-refractivity contribution in [2.45, 2.75) is 18.9 Å². The molecule has 1 rings (SSSR count). The molecule has 1 unspecified atom stereocenters. The lowest BCUT2D eigenvalue weighted by Gasteiger charge is -2.21. The lowest BCUT2D eigenvalue weighted by molar-refractivity contribution is 0.201. The molecule has 0 aromatic heterocycles. The van der Waals surface area contributed by atoms with E-state index in [1.54, 1.807) is 0 Å². The number of nitrogens with zero attached hydrogens (tertiary/aromatic N) is 1. The van der Waals surface area contributed by atoms with E-state index in [0.717, 1.165) is 12.5 Å². The van der Waals surface area contributed by atoms with Crippen LogP contribution < -0.4 is 5.32 Å². The number of likely N-dealkylation sites (N-methyl/N-ethyl adjacent to an activating group) is 2. The standard InChI is InChI=1S/C9H20N2O/c1-10-9(7-12)6-11(2)5-8-3-4-8/h8-10,12H,3-7H2,1-2H3. The van der Waals surface area contributed by atoms with E-state index in [-0.39, 0.29) is 12.6 Å². The van der Waals surface area contributed by atoms with E-state index in [9.17, 15) is 0 Å². The van der Waals surface area contributed by atoms with Crippen LogP contribution in [0.3, 0.4) is 0 Å². The molecular weight excluding hydrogens is 152 g/mol. The van der Waals surface area contributed by atoms with E-state index in [2.05, 4.69) is 17.3 Å². The van der Waals surface area contributed by atoms with Gasteiger partial charge in [-0.2, -0.15) is 0 Å².